The third kappa shape index (κ3) is 0.995. The van der Waals surface area contributed by atoms with Crippen molar-refractivity contribution in [1.82, 2.24) is 0 Å². The zero-order valence-corrected chi connectivity index (χ0v) is 7.83. The molecule has 2 heteroatoms. The van der Waals surface area contributed by atoms with Gasteiger partial charge in [0.2, 0.25) is 0 Å². The topological polar surface area (TPSA) is 0 Å². The summed E-state index contributed by atoms with van der Waals surface area (Å²) in [6.45, 7) is 0. The van der Waals surface area contributed by atoms with Crippen molar-refractivity contribution in [2.24, 2.45) is 0 Å². The van der Waals surface area contributed by atoms with Gasteiger partial charge in [-0.3, -0.25) is 0 Å². The molecular formula is C8H7BrS. The van der Waals surface area contributed by atoms with Gasteiger partial charge >= 0.3 is 0 Å². The van der Waals surface area contributed by atoms with Crippen LogP contribution in [0.15, 0.2) is 22.7 Å². The maximum absolute atomic E-state index is 3.53. The second-order valence-electron chi connectivity index (χ2n) is 2.37. The summed E-state index contributed by atoms with van der Waals surface area (Å²) in [4.78, 5) is 0. The molecule has 0 radical (unpaired) electrons. The summed E-state index contributed by atoms with van der Waals surface area (Å²) in [6.07, 6.45) is 0. The van der Waals surface area contributed by atoms with Gasteiger partial charge in [0.25, 0.3) is 0 Å². The molecule has 10 heavy (non-hydrogen) atoms. The van der Waals surface area contributed by atoms with E-state index in [4.69, 9.17) is 0 Å². The van der Waals surface area contributed by atoms with Crippen LogP contribution >= 0.6 is 27.7 Å². The van der Waals surface area contributed by atoms with Crippen LogP contribution in [-0.2, 0) is 11.5 Å². The summed E-state index contributed by atoms with van der Waals surface area (Å²) in [7, 11) is 0. The highest BCUT2D eigenvalue weighted by atomic mass is 79.9. The fraction of sp³-hybridized carbons (Fsp3) is 0.250. The SMILES string of the molecule is Brc1cccc2c1CSC2. The third-order valence-electron chi connectivity index (χ3n) is 1.72. The molecule has 0 spiro atoms. The fourth-order valence-corrected chi connectivity index (χ4v) is 3.03. The highest BCUT2D eigenvalue weighted by molar-refractivity contribution is 9.10. The molecule has 0 atom stereocenters. The van der Waals surface area contributed by atoms with Crippen LogP contribution in [0.4, 0.5) is 0 Å². The first-order valence-corrected chi connectivity index (χ1v) is 5.17. The molecule has 1 aromatic rings. The molecule has 0 saturated heterocycles. The molecule has 0 saturated carbocycles. The number of fused-ring (bicyclic) bond motifs is 1. The average molecular weight is 215 g/mol. The standard InChI is InChI=1S/C8H7BrS/c9-8-3-1-2-6-4-10-5-7(6)8/h1-3H,4-5H2. The largest absolute Gasteiger partial charge is 0.152 e. The van der Waals surface area contributed by atoms with Crippen LogP contribution in [0.3, 0.4) is 0 Å². The van der Waals surface area contributed by atoms with Crippen molar-refractivity contribution in [2.45, 2.75) is 11.5 Å². The van der Waals surface area contributed by atoms with E-state index in [1.54, 1.807) is 0 Å². The van der Waals surface area contributed by atoms with E-state index in [-0.39, 0.29) is 0 Å². The monoisotopic (exact) mass is 214 g/mol. The van der Waals surface area contributed by atoms with E-state index in [1.165, 1.54) is 27.1 Å². The second kappa shape index (κ2) is 2.59. The minimum absolute atomic E-state index is 1.18. The third-order valence-corrected chi connectivity index (χ3v) is 3.47. The van der Waals surface area contributed by atoms with Crippen LogP contribution in [0.1, 0.15) is 11.1 Å². The molecule has 52 valence electrons. The number of rotatable bonds is 0. The summed E-state index contributed by atoms with van der Waals surface area (Å²) in [6, 6.07) is 6.43. The molecule has 0 N–H and O–H groups in total. The zero-order chi connectivity index (χ0) is 6.97. The van der Waals surface area contributed by atoms with Gasteiger partial charge in [-0.1, -0.05) is 28.1 Å². The van der Waals surface area contributed by atoms with E-state index >= 15 is 0 Å². The number of benzene rings is 1. The smallest absolute Gasteiger partial charge is 0.0218 e. The zero-order valence-electron chi connectivity index (χ0n) is 5.43. The van der Waals surface area contributed by atoms with Gasteiger partial charge in [-0.25, -0.2) is 0 Å². The maximum Gasteiger partial charge on any atom is 0.0218 e. The van der Waals surface area contributed by atoms with Gasteiger partial charge in [0, 0.05) is 16.0 Å². The van der Waals surface area contributed by atoms with E-state index in [1.807, 2.05) is 11.8 Å². The molecule has 0 aromatic heterocycles. The quantitative estimate of drug-likeness (QED) is 0.640. The normalized spacial score (nSPS) is 15.3. The van der Waals surface area contributed by atoms with Crippen molar-refractivity contribution in [3.05, 3.63) is 33.8 Å². The molecule has 0 fully saturated rings. The predicted molar refractivity (Wildman–Crippen MR) is 49.1 cm³/mol. The molecule has 0 nitrogen and oxygen atoms in total. The van der Waals surface area contributed by atoms with Gasteiger partial charge in [-0.15, -0.1) is 0 Å². The van der Waals surface area contributed by atoms with Crippen LogP contribution in [0.2, 0.25) is 0 Å². The fourth-order valence-electron chi connectivity index (χ4n) is 1.16. The lowest BCUT2D eigenvalue weighted by Crippen LogP contribution is -1.81. The van der Waals surface area contributed by atoms with Gasteiger partial charge in [-0.05, 0) is 17.2 Å². The van der Waals surface area contributed by atoms with Crippen molar-refractivity contribution in [3.63, 3.8) is 0 Å². The first-order valence-electron chi connectivity index (χ1n) is 3.22. The maximum atomic E-state index is 3.53. The van der Waals surface area contributed by atoms with Crippen LogP contribution in [0, 0.1) is 0 Å². The lowest BCUT2D eigenvalue weighted by molar-refractivity contribution is 1.32. The van der Waals surface area contributed by atoms with Gasteiger partial charge in [0.05, 0.1) is 0 Å². The van der Waals surface area contributed by atoms with Crippen LogP contribution in [0.5, 0.6) is 0 Å². The Labute approximate surface area is 73.1 Å². The Morgan fingerprint density at radius 3 is 3.00 bits per heavy atom. The molecule has 1 aliphatic rings. The first kappa shape index (κ1) is 6.74. The Kier molecular flexibility index (Phi) is 1.75. The van der Waals surface area contributed by atoms with Gasteiger partial charge in [0.1, 0.15) is 0 Å². The van der Waals surface area contributed by atoms with Crippen LogP contribution < -0.4 is 0 Å². The van der Waals surface area contributed by atoms with E-state index in [0.717, 1.165) is 0 Å². The summed E-state index contributed by atoms with van der Waals surface area (Å²) >= 11 is 5.52. The van der Waals surface area contributed by atoms with Gasteiger partial charge in [0.15, 0.2) is 0 Å². The van der Waals surface area contributed by atoms with Crippen molar-refractivity contribution in [2.75, 3.05) is 0 Å². The van der Waals surface area contributed by atoms with Crippen molar-refractivity contribution < 1.29 is 0 Å². The summed E-state index contributed by atoms with van der Waals surface area (Å²) in [5, 5.41) is 0. The Bertz CT molecular complexity index is 257. The Balaban J connectivity index is 2.59. The lowest BCUT2D eigenvalue weighted by atomic mass is 10.1. The predicted octanol–water partition coefficient (Wildman–Crippen LogP) is 3.20. The van der Waals surface area contributed by atoms with E-state index in [9.17, 15) is 0 Å². The van der Waals surface area contributed by atoms with E-state index in [0.29, 0.717) is 0 Å². The molecular weight excluding hydrogens is 208 g/mol. The van der Waals surface area contributed by atoms with Crippen molar-refractivity contribution in [3.8, 4) is 0 Å². The average Bonchev–Trinajstić information content (AvgIpc) is 2.36. The number of halogens is 1. The molecule has 0 amide bonds. The van der Waals surface area contributed by atoms with Gasteiger partial charge < -0.3 is 0 Å². The van der Waals surface area contributed by atoms with Crippen molar-refractivity contribution >= 4 is 27.7 Å². The Morgan fingerprint density at radius 2 is 2.20 bits per heavy atom. The number of hydrogen-bond acceptors (Lipinski definition) is 1. The minimum atomic E-state index is 1.18. The van der Waals surface area contributed by atoms with Crippen molar-refractivity contribution in [1.29, 1.82) is 0 Å². The number of hydrogen-bond donors (Lipinski definition) is 0. The minimum Gasteiger partial charge on any atom is -0.152 e. The van der Waals surface area contributed by atoms with E-state index in [2.05, 4.69) is 34.1 Å². The molecule has 0 bridgehead atoms. The highest BCUT2D eigenvalue weighted by Crippen LogP contribution is 2.34. The van der Waals surface area contributed by atoms with Gasteiger partial charge in [-0.2, -0.15) is 11.8 Å². The second-order valence-corrected chi connectivity index (χ2v) is 4.21. The summed E-state index contributed by atoms with van der Waals surface area (Å²) in [5.41, 5.74) is 2.99. The van der Waals surface area contributed by atoms with E-state index < -0.39 is 0 Å². The summed E-state index contributed by atoms with van der Waals surface area (Å²) in [5.74, 6) is 2.37. The number of thioether (sulfide) groups is 1. The molecule has 1 aromatic carbocycles. The Morgan fingerprint density at radius 1 is 1.30 bits per heavy atom. The highest BCUT2D eigenvalue weighted by Gasteiger charge is 2.12. The van der Waals surface area contributed by atoms with Crippen LogP contribution in [-0.4, -0.2) is 0 Å². The molecule has 1 aliphatic heterocycles. The summed E-state index contributed by atoms with van der Waals surface area (Å²) < 4.78 is 1.27. The molecule has 2 rings (SSSR count). The Hall–Kier alpha value is 0.0500. The molecule has 0 unspecified atom stereocenters. The van der Waals surface area contributed by atoms with Crippen LogP contribution in [0.25, 0.3) is 0 Å². The molecule has 1 heterocycles. The lowest BCUT2D eigenvalue weighted by Gasteiger charge is -1.98. The first-order chi connectivity index (χ1) is 4.88. The molecule has 0 aliphatic carbocycles.